The number of methoxy groups -OCH3 is 4. The summed E-state index contributed by atoms with van der Waals surface area (Å²) in [6.07, 6.45) is 0. The SMILES string of the molecule is COc1ccccc1N=c1cc(-c2cc(OC)c(OC)c(OC)c2)oc2ccccc12. The monoisotopic (exact) mass is 417 g/mol. The zero-order valence-electron chi connectivity index (χ0n) is 17.8. The van der Waals surface area contributed by atoms with Crippen molar-refractivity contribution < 1.29 is 23.4 Å². The second-order valence-corrected chi connectivity index (χ2v) is 6.69. The highest BCUT2D eigenvalue weighted by molar-refractivity contribution is 5.79. The van der Waals surface area contributed by atoms with E-state index in [-0.39, 0.29) is 0 Å². The molecule has 0 atom stereocenters. The summed E-state index contributed by atoms with van der Waals surface area (Å²) >= 11 is 0. The molecular formula is C25H23NO5. The maximum atomic E-state index is 6.21. The van der Waals surface area contributed by atoms with E-state index in [9.17, 15) is 0 Å². The summed E-state index contributed by atoms with van der Waals surface area (Å²) in [5.74, 6) is 2.92. The molecule has 1 heterocycles. The quantitative estimate of drug-likeness (QED) is 0.422. The molecule has 0 spiro atoms. The average Bonchev–Trinajstić information content (AvgIpc) is 2.83. The van der Waals surface area contributed by atoms with Crippen LogP contribution in [-0.2, 0) is 0 Å². The summed E-state index contributed by atoms with van der Waals surface area (Å²) in [4.78, 5) is 4.87. The van der Waals surface area contributed by atoms with Gasteiger partial charge in [-0.3, -0.25) is 0 Å². The Kier molecular flexibility index (Phi) is 5.80. The first kappa shape index (κ1) is 20.3. The van der Waals surface area contributed by atoms with Crippen molar-refractivity contribution in [1.82, 2.24) is 0 Å². The summed E-state index contributed by atoms with van der Waals surface area (Å²) in [6.45, 7) is 0. The summed E-state index contributed by atoms with van der Waals surface area (Å²) in [5.41, 5.74) is 2.22. The summed E-state index contributed by atoms with van der Waals surface area (Å²) in [6, 6.07) is 21.0. The Hall–Kier alpha value is -3.93. The van der Waals surface area contributed by atoms with E-state index in [2.05, 4.69) is 0 Å². The fourth-order valence-electron chi connectivity index (χ4n) is 3.43. The zero-order valence-corrected chi connectivity index (χ0v) is 17.8. The van der Waals surface area contributed by atoms with Crippen LogP contribution in [0.4, 0.5) is 5.69 Å². The Bertz CT molecular complexity index is 1270. The molecule has 31 heavy (non-hydrogen) atoms. The lowest BCUT2D eigenvalue weighted by atomic mass is 10.1. The van der Waals surface area contributed by atoms with Crippen molar-refractivity contribution in [2.75, 3.05) is 28.4 Å². The number of hydrogen-bond donors (Lipinski definition) is 0. The third kappa shape index (κ3) is 3.92. The van der Waals surface area contributed by atoms with E-state index >= 15 is 0 Å². The van der Waals surface area contributed by atoms with Crippen LogP contribution in [0.15, 0.2) is 76.1 Å². The van der Waals surface area contributed by atoms with Crippen LogP contribution in [-0.4, -0.2) is 28.4 Å². The standard InChI is InChI=1S/C25H23NO5/c1-27-21-12-8-6-10-18(21)26-19-15-22(31-20-11-7-5-9-17(19)20)16-13-23(28-2)25(30-4)24(14-16)29-3/h5-15H,1-4H3. The number of para-hydroxylation sites is 3. The molecule has 0 radical (unpaired) electrons. The van der Waals surface area contributed by atoms with Crippen LogP contribution in [0.5, 0.6) is 23.0 Å². The van der Waals surface area contributed by atoms with Gasteiger partial charge in [0.2, 0.25) is 5.75 Å². The van der Waals surface area contributed by atoms with Crippen molar-refractivity contribution in [2.45, 2.75) is 0 Å². The van der Waals surface area contributed by atoms with Gasteiger partial charge < -0.3 is 23.4 Å². The van der Waals surface area contributed by atoms with Gasteiger partial charge in [-0.2, -0.15) is 0 Å². The van der Waals surface area contributed by atoms with Crippen LogP contribution in [0.2, 0.25) is 0 Å². The highest BCUT2D eigenvalue weighted by Crippen LogP contribution is 2.41. The molecule has 158 valence electrons. The highest BCUT2D eigenvalue weighted by Gasteiger charge is 2.16. The molecule has 3 aromatic carbocycles. The van der Waals surface area contributed by atoms with Crippen molar-refractivity contribution in [3.63, 3.8) is 0 Å². The summed E-state index contributed by atoms with van der Waals surface area (Å²) in [7, 11) is 6.38. The topological polar surface area (TPSA) is 62.4 Å². The van der Waals surface area contributed by atoms with Crippen LogP contribution in [0, 0.1) is 0 Å². The summed E-state index contributed by atoms with van der Waals surface area (Å²) < 4.78 is 28.1. The van der Waals surface area contributed by atoms with Crippen LogP contribution in [0.1, 0.15) is 0 Å². The van der Waals surface area contributed by atoms with Gasteiger partial charge in [0.15, 0.2) is 11.5 Å². The van der Waals surface area contributed by atoms with Crippen molar-refractivity contribution in [3.05, 3.63) is 72.1 Å². The lowest BCUT2D eigenvalue weighted by Crippen LogP contribution is -2.04. The molecule has 6 nitrogen and oxygen atoms in total. The van der Waals surface area contributed by atoms with Crippen LogP contribution >= 0.6 is 0 Å². The Labute approximate surface area is 180 Å². The molecule has 0 amide bonds. The Morgan fingerprint density at radius 2 is 1.32 bits per heavy atom. The number of fused-ring (bicyclic) bond motifs is 1. The van der Waals surface area contributed by atoms with E-state index in [1.54, 1.807) is 28.4 Å². The van der Waals surface area contributed by atoms with Crippen molar-refractivity contribution in [3.8, 4) is 34.3 Å². The van der Waals surface area contributed by atoms with E-state index in [1.807, 2.05) is 66.7 Å². The molecule has 0 unspecified atom stereocenters. The molecule has 0 fully saturated rings. The largest absolute Gasteiger partial charge is 0.494 e. The molecule has 1 aromatic heterocycles. The second-order valence-electron chi connectivity index (χ2n) is 6.69. The number of nitrogens with zero attached hydrogens (tertiary/aromatic N) is 1. The van der Waals surface area contributed by atoms with E-state index < -0.39 is 0 Å². The maximum absolute atomic E-state index is 6.21. The number of rotatable bonds is 6. The molecule has 0 aliphatic rings. The lowest BCUT2D eigenvalue weighted by Gasteiger charge is -2.14. The predicted octanol–water partition coefficient (Wildman–Crippen LogP) is 5.37. The van der Waals surface area contributed by atoms with Gasteiger partial charge in [0.05, 0.1) is 33.8 Å². The normalized spacial score (nSPS) is 11.4. The average molecular weight is 417 g/mol. The van der Waals surface area contributed by atoms with Crippen molar-refractivity contribution in [1.29, 1.82) is 0 Å². The van der Waals surface area contributed by atoms with Crippen molar-refractivity contribution in [2.24, 2.45) is 4.99 Å². The van der Waals surface area contributed by atoms with Crippen LogP contribution in [0.3, 0.4) is 0 Å². The zero-order chi connectivity index (χ0) is 21.8. The van der Waals surface area contributed by atoms with Gasteiger partial charge >= 0.3 is 0 Å². The van der Waals surface area contributed by atoms with E-state index in [0.717, 1.165) is 22.0 Å². The molecule has 0 saturated carbocycles. The number of ether oxygens (including phenoxy) is 4. The van der Waals surface area contributed by atoms with Crippen LogP contribution in [0.25, 0.3) is 22.3 Å². The lowest BCUT2D eigenvalue weighted by molar-refractivity contribution is 0.324. The third-order valence-corrected chi connectivity index (χ3v) is 4.93. The molecule has 4 rings (SSSR count). The molecule has 0 aliphatic heterocycles. The second kappa shape index (κ2) is 8.83. The van der Waals surface area contributed by atoms with Gasteiger partial charge in [-0.15, -0.1) is 0 Å². The number of benzene rings is 3. The molecule has 0 saturated heterocycles. The minimum atomic E-state index is 0.522. The first-order chi connectivity index (χ1) is 15.2. The molecule has 0 aliphatic carbocycles. The first-order valence-corrected chi connectivity index (χ1v) is 9.69. The predicted molar refractivity (Wildman–Crippen MR) is 120 cm³/mol. The van der Waals surface area contributed by atoms with Gasteiger partial charge in [0, 0.05) is 17.0 Å². The van der Waals surface area contributed by atoms with Crippen molar-refractivity contribution >= 4 is 16.7 Å². The first-order valence-electron chi connectivity index (χ1n) is 9.69. The van der Waals surface area contributed by atoms with Gasteiger partial charge in [-0.25, -0.2) is 4.99 Å². The minimum Gasteiger partial charge on any atom is -0.494 e. The molecule has 0 N–H and O–H groups in total. The van der Waals surface area contributed by atoms with E-state index in [1.165, 1.54) is 0 Å². The highest BCUT2D eigenvalue weighted by atomic mass is 16.5. The summed E-state index contributed by atoms with van der Waals surface area (Å²) in [5, 5.41) is 1.65. The van der Waals surface area contributed by atoms with E-state index in [4.69, 9.17) is 28.4 Å². The molecule has 6 heteroatoms. The molecular weight excluding hydrogens is 394 g/mol. The fraction of sp³-hybridized carbons (Fsp3) is 0.160. The smallest absolute Gasteiger partial charge is 0.203 e. The maximum Gasteiger partial charge on any atom is 0.203 e. The Balaban J connectivity index is 1.99. The van der Waals surface area contributed by atoms with Crippen LogP contribution < -0.4 is 24.3 Å². The van der Waals surface area contributed by atoms with Gasteiger partial charge in [0.1, 0.15) is 22.8 Å². The van der Waals surface area contributed by atoms with Gasteiger partial charge in [0.25, 0.3) is 0 Å². The Morgan fingerprint density at radius 1 is 0.677 bits per heavy atom. The van der Waals surface area contributed by atoms with Gasteiger partial charge in [-0.1, -0.05) is 24.3 Å². The van der Waals surface area contributed by atoms with Gasteiger partial charge in [-0.05, 0) is 36.4 Å². The minimum absolute atomic E-state index is 0.522. The molecule has 4 aromatic rings. The Morgan fingerprint density at radius 3 is 2.00 bits per heavy atom. The van der Waals surface area contributed by atoms with E-state index in [0.29, 0.717) is 34.3 Å². The molecule has 0 bridgehead atoms. The number of hydrogen-bond acceptors (Lipinski definition) is 6. The fourth-order valence-corrected chi connectivity index (χ4v) is 3.43. The third-order valence-electron chi connectivity index (χ3n) is 4.93.